The third kappa shape index (κ3) is 2.12. The van der Waals surface area contributed by atoms with Crippen molar-refractivity contribution in [1.82, 2.24) is 4.98 Å². The molecule has 1 heterocycles. The van der Waals surface area contributed by atoms with Gasteiger partial charge in [-0.3, -0.25) is 4.98 Å². The van der Waals surface area contributed by atoms with Gasteiger partial charge in [0.15, 0.2) is 0 Å². The van der Waals surface area contributed by atoms with E-state index in [2.05, 4.69) is 17.6 Å². The van der Waals surface area contributed by atoms with E-state index in [0.29, 0.717) is 6.61 Å². The Bertz CT molecular complexity index is 488. The second-order valence-corrected chi connectivity index (χ2v) is 3.68. The molecule has 82 valence electrons. The Morgan fingerprint density at radius 3 is 3.00 bits per heavy atom. The smallest absolute Gasteiger partial charge is 0.0808 e. The highest BCUT2D eigenvalue weighted by Crippen LogP contribution is 2.24. The Labute approximate surface area is 95.6 Å². The maximum absolute atomic E-state index is 5.64. The van der Waals surface area contributed by atoms with Gasteiger partial charge in [-0.1, -0.05) is 24.3 Å². The van der Waals surface area contributed by atoms with Gasteiger partial charge in [-0.2, -0.15) is 0 Å². The lowest BCUT2D eigenvalue weighted by Gasteiger charge is -2.14. The Kier molecular flexibility index (Phi) is 3.32. The number of para-hydroxylation sites is 1. The number of hydrogen-bond donors (Lipinski definition) is 0. The number of pyridine rings is 1. The van der Waals surface area contributed by atoms with Crippen LogP contribution in [-0.2, 0) is 4.74 Å². The zero-order valence-corrected chi connectivity index (χ0v) is 9.39. The van der Waals surface area contributed by atoms with Crippen LogP contribution in [0.3, 0.4) is 0 Å². The van der Waals surface area contributed by atoms with E-state index >= 15 is 0 Å². The van der Waals surface area contributed by atoms with Gasteiger partial charge in [-0.15, -0.1) is 6.58 Å². The van der Waals surface area contributed by atoms with Crippen molar-refractivity contribution in [1.29, 1.82) is 0 Å². The average Bonchev–Trinajstić information content (AvgIpc) is 2.35. The number of rotatable bonds is 4. The monoisotopic (exact) mass is 213 g/mol. The summed E-state index contributed by atoms with van der Waals surface area (Å²) >= 11 is 0. The fourth-order valence-corrected chi connectivity index (χ4v) is 1.77. The normalized spacial score (nSPS) is 12.6. The number of hydrogen-bond acceptors (Lipinski definition) is 2. The Morgan fingerprint density at radius 1 is 1.38 bits per heavy atom. The fraction of sp³-hybridized carbons (Fsp3) is 0.214. The average molecular weight is 213 g/mol. The third-order valence-electron chi connectivity index (χ3n) is 2.58. The highest BCUT2D eigenvalue weighted by Gasteiger charge is 2.08. The van der Waals surface area contributed by atoms with Gasteiger partial charge in [-0.25, -0.2) is 0 Å². The van der Waals surface area contributed by atoms with Crippen molar-refractivity contribution in [3.05, 3.63) is 54.7 Å². The molecule has 0 saturated heterocycles. The van der Waals surface area contributed by atoms with E-state index in [1.54, 1.807) is 6.08 Å². The lowest BCUT2D eigenvalue weighted by molar-refractivity contribution is 0.0898. The first kappa shape index (κ1) is 10.8. The van der Waals surface area contributed by atoms with Crippen LogP contribution in [0.5, 0.6) is 0 Å². The highest BCUT2D eigenvalue weighted by molar-refractivity contribution is 5.82. The second-order valence-electron chi connectivity index (χ2n) is 3.68. The molecule has 0 aliphatic rings. The highest BCUT2D eigenvalue weighted by atomic mass is 16.5. The number of fused-ring (bicyclic) bond motifs is 1. The van der Waals surface area contributed by atoms with Crippen LogP contribution in [0.4, 0.5) is 0 Å². The van der Waals surface area contributed by atoms with E-state index in [1.807, 2.05) is 37.4 Å². The largest absolute Gasteiger partial charge is 0.370 e. The van der Waals surface area contributed by atoms with Gasteiger partial charge in [0.05, 0.1) is 18.2 Å². The third-order valence-corrected chi connectivity index (χ3v) is 2.58. The molecule has 1 atom stereocenters. The van der Waals surface area contributed by atoms with E-state index in [9.17, 15) is 0 Å². The lowest BCUT2D eigenvalue weighted by Crippen LogP contribution is -2.01. The molecule has 2 aromatic rings. The van der Waals surface area contributed by atoms with E-state index in [0.717, 1.165) is 10.9 Å². The van der Waals surface area contributed by atoms with Crippen LogP contribution < -0.4 is 0 Å². The molecule has 0 spiro atoms. The van der Waals surface area contributed by atoms with Crippen molar-refractivity contribution in [2.24, 2.45) is 0 Å². The second kappa shape index (κ2) is 4.90. The van der Waals surface area contributed by atoms with E-state index in [4.69, 9.17) is 4.74 Å². The van der Waals surface area contributed by atoms with Crippen molar-refractivity contribution in [3.8, 4) is 0 Å². The molecule has 0 aliphatic carbocycles. The van der Waals surface area contributed by atoms with Crippen molar-refractivity contribution < 1.29 is 4.74 Å². The first-order valence-electron chi connectivity index (χ1n) is 5.39. The lowest BCUT2D eigenvalue weighted by atomic mass is 10.1. The Balaban J connectivity index is 2.39. The molecule has 1 aromatic carbocycles. The van der Waals surface area contributed by atoms with Gasteiger partial charge in [0.1, 0.15) is 0 Å². The molecule has 0 bridgehead atoms. The van der Waals surface area contributed by atoms with Crippen LogP contribution >= 0.6 is 0 Å². The first-order chi connectivity index (χ1) is 7.83. The molecule has 0 unspecified atom stereocenters. The van der Waals surface area contributed by atoms with Gasteiger partial charge < -0.3 is 4.74 Å². The fourth-order valence-electron chi connectivity index (χ4n) is 1.77. The first-order valence-corrected chi connectivity index (χ1v) is 5.39. The molecule has 0 fully saturated rings. The van der Waals surface area contributed by atoms with Gasteiger partial charge in [-0.05, 0) is 24.6 Å². The standard InChI is InChI=1S/C14H15NO/c1-3-10-16-11(2)12-8-9-15-14-7-5-4-6-13(12)14/h3-9,11H,1,10H2,2H3/t11-/m0/s1. The van der Waals surface area contributed by atoms with Gasteiger partial charge in [0.2, 0.25) is 0 Å². The molecule has 0 N–H and O–H groups in total. The quantitative estimate of drug-likeness (QED) is 0.725. The summed E-state index contributed by atoms with van der Waals surface area (Å²) in [5.74, 6) is 0. The maximum Gasteiger partial charge on any atom is 0.0808 e. The van der Waals surface area contributed by atoms with Crippen LogP contribution in [0.25, 0.3) is 10.9 Å². The van der Waals surface area contributed by atoms with Crippen molar-refractivity contribution in [3.63, 3.8) is 0 Å². The summed E-state index contributed by atoms with van der Waals surface area (Å²) in [5.41, 5.74) is 2.18. The number of benzene rings is 1. The topological polar surface area (TPSA) is 22.1 Å². The number of nitrogens with zero attached hydrogens (tertiary/aromatic N) is 1. The molecule has 0 radical (unpaired) electrons. The summed E-state index contributed by atoms with van der Waals surface area (Å²) < 4.78 is 5.64. The van der Waals surface area contributed by atoms with Crippen LogP contribution in [-0.4, -0.2) is 11.6 Å². The van der Waals surface area contributed by atoms with Crippen LogP contribution in [0.1, 0.15) is 18.6 Å². The minimum absolute atomic E-state index is 0.0610. The summed E-state index contributed by atoms with van der Waals surface area (Å²) in [6.07, 6.45) is 3.65. The van der Waals surface area contributed by atoms with Crippen LogP contribution in [0, 0.1) is 0 Å². The molecule has 2 heteroatoms. The van der Waals surface area contributed by atoms with Crippen molar-refractivity contribution in [2.45, 2.75) is 13.0 Å². The zero-order chi connectivity index (χ0) is 11.4. The molecular weight excluding hydrogens is 198 g/mol. The maximum atomic E-state index is 5.64. The molecule has 1 aromatic heterocycles. The summed E-state index contributed by atoms with van der Waals surface area (Å²) in [4.78, 5) is 4.33. The van der Waals surface area contributed by atoms with Gasteiger partial charge >= 0.3 is 0 Å². The number of ether oxygens (including phenoxy) is 1. The predicted octanol–water partition coefficient (Wildman–Crippen LogP) is 3.50. The van der Waals surface area contributed by atoms with Crippen molar-refractivity contribution >= 4 is 10.9 Å². The van der Waals surface area contributed by atoms with E-state index in [-0.39, 0.29) is 6.10 Å². The minimum Gasteiger partial charge on any atom is -0.370 e. The molecule has 0 amide bonds. The summed E-state index contributed by atoms with van der Waals surface area (Å²) in [6.45, 7) is 6.27. The van der Waals surface area contributed by atoms with Crippen molar-refractivity contribution in [2.75, 3.05) is 6.61 Å². The van der Waals surface area contributed by atoms with Crippen LogP contribution in [0.15, 0.2) is 49.2 Å². The Morgan fingerprint density at radius 2 is 2.19 bits per heavy atom. The zero-order valence-electron chi connectivity index (χ0n) is 9.39. The minimum atomic E-state index is 0.0610. The summed E-state index contributed by atoms with van der Waals surface area (Å²) in [7, 11) is 0. The van der Waals surface area contributed by atoms with E-state index in [1.165, 1.54) is 5.56 Å². The SMILES string of the molecule is C=CCO[C@@H](C)c1ccnc2ccccc12. The van der Waals surface area contributed by atoms with Crippen LogP contribution in [0.2, 0.25) is 0 Å². The molecule has 16 heavy (non-hydrogen) atoms. The molecular formula is C14H15NO. The van der Waals surface area contributed by atoms with Gasteiger partial charge in [0, 0.05) is 11.6 Å². The van der Waals surface area contributed by atoms with E-state index < -0.39 is 0 Å². The number of aromatic nitrogens is 1. The molecule has 0 saturated carbocycles. The summed E-state index contributed by atoms with van der Waals surface area (Å²) in [5, 5.41) is 1.15. The predicted molar refractivity (Wildman–Crippen MR) is 66.3 cm³/mol. The molecule has 0 aliphatic heterocycles. The Hall–Kier alpha value is -1.67. The molecule has 2 nitrogen and oxygen atoms in total. The summed E-state index contributed by atoms with van der Waals surface area (Å²) in [6, 6.07) is 10.1. The van der Waals surface area contributed by atoms with Gasteiger partial charge in [0.25, 0.3) is 0 Å². The molecule has 2 rings (SSSR count).